The molecule has 0 radical (unpaired) electrons. The number of rotatable bonds is 5. The molecule has 0 bridgehead atoms. The van der Waals surface area contributed by atoms with Gasteiger partial charge in [0.25, 0.3) is 0 Å². The van der Waals surface area contributed by atoms with Crippen LogP contribution in [0.1, 0.15) is 5.56 Å². The third-order valence-electron chi connectivity index (χ3n) is 2.39. The second-order valence-electron chi connectivity index (χ2n) is 3.67. The van der Waals surface area contributed by atoms with E-state index in [1.165, 1.54) is 11.3 Å². The molecule has 0 saturated carbocycles. The maximum Gasteiger partial charge on any atom is 0.499 e. The molecule has 0 unspecified atom stereocenters. The van der Waals surface area contributed by atoms with E-state index >= 15 is 0 Å². The van der Waals surface area contributed by atoms with Crippen LogP contribution in [0.25, 0.3) is 0 Å². The van der Waals surface area contributed by atoms with Crippen LogP contribution in [0.2, 0.25) is 0 Å². The Morgan fingerprint density at radius 3 is 2.56 bits per heavy atom. The fraction of sp³-hybridized carbons (Fsp3) is 0.167. The molecule has 0 atom stereocenters. The number of para-hydroxylation sites is 2. The van der Waals surface area contributed by atoms with Crippen LogP contribution in [-0.4, -0.2) is 24.3 Å². The summed E-state index contributed by atoms with van der Waals surface area (Å²) in [6.45, 7) is 0.365. The Hall–Kier alpha value is -1.50. The topological polar surface area (TPSA) is 58.9 Å². The molecule has 1 aromatic carbocycles. The van der Waals surface area contributed by atoms with Gasteiger partial charge in [-0.3, -0.25) is 0 Å². The molecule has 4 nitrogen and oxygen atoms in total. The minimum Gasteiger partial charge on any atom is -0.493 e. The van der Waals surface area contributed by atoms with Crippen LogP contribution in [0, 0.1) is 0 Å². The molecule has 6 heteroatoms. The van der Waals surface area contributed by atoms with E-state index in [1.54, 1.807) is 13.2 Å². The SMILES string of the molecule is COc1ccccc1OCc1csc(B(O)O)c1. The van der Waals surface area contributed by atoms with Crippen LogP contribution in [0.15, 0.2) is 35.7 Å². The standard InChI is InChI=1S/C12H13BO4S/c1-16-10-4-2-3-5-11(10)17-7-9-6-12(13(14)15)18-8-9/h2-6,8,14-15H,7H2,1H3. The first kappa shape index (κ1) is 12.9. The van der Waals surface area contributed by atoms with Gasteiger partial charge in [-0.1, -0.05) is 12.1 Å². The van der Waals surface area contributed by atoms with Gasteiger partial charge in [0.2, 0.25) is 0 Å². The normalized spacial score (nSPS) is 10.2. The van der Waals surface area contributed by atoms with Gasteiger partial charge in [0.05, 0.1) is 7.11 Å². The van der Waals surface area contributed by atoms with Gasteiger partial charge in [-0.15, -0.1) is 0 Å². The van der Waals surface area contributed by atoms with E-state index in [4.69, 9.17) is 19.5 Å². The predicted molar refractivity (Wildman–Crippen MR) is 71.5 cm³/mol. The number of hydrogen-bond donors (Lipinski definition) is 2. The van der Waals surface area contributed by atoms with Gasteiger partial charge in [-0.25, -0.2) is 0 Å². The highest BCUT2D eigenvalue weighted by atomic mass is 32.1. The first-order valence-corrected chi connectivity index (χ1v) is 6.28. The largest absolute Gasteiger partial charge is 0.499 e. The minimum absolute atomic E-state index is 0.365. The lowest BCUT2D eigenvalue weighted by molar-refractivity contribution is 0.285. The molecular formula is C12H13BO4S. The Morgan fingerprint density at radius 2 is 1.94 bits per heavy atom. The average Bonchev–Trinajstić information content (AvgIpc) is 2.85. The Balaban J connectivity index is 2.02. The van der Waals surface area contributed by atoms with Crippen molar-refractivity contribution in [3.63, 3.8) is 0 Å². The summed E-state index contributed by atoms with van der Waals surface area (Å²) in [7, 11) is 0.169. The number of ether oxygens (including phenoxy) is 2. The van der Waals surface area contributed by atoms with Crippen molar-refractivity contribution in [1.29, 1.82) is 0 Å². The summed E-state index contributed by atoms with van der Waals surface area (Å²) < 4.78 is 11.3. The lowest BCUT2D eigenvalue weighted by atomic mass is 9.89. The van der Waals surface area contributed by atoms with Crippen LogP contribution in [-0.2, 0) is 6.61 Å². The van der Waals surface area contributed by atoms with E-state index in [2.05, 4.69) is 0 Å². The minimum atomic E-state index is -1.42. The molecule has 94 valence electrons. The summed E-state index contributed by atoms with van der Waals surface area (Å²) in [5.74, 6) is 1.34. The van der Waals surface area contributed by atoms with Crippen molar-refractivity contribution in [2.75, 3.05) is 7.11 Å². The van der Waals surface area contributed by atoms with E-state index in [9.17, 15) is 0 Å². The second kappa shape index (κ2) is 5.90. The fourth-order valence-corrected chi connectivity index (χ4v) is 2.27. The van der Waals surface area contributed by atoms with Crippen LogP contribution < -0.4 is 14.3 Å². The summed E-state index contributed by atoms with van der Waals surface area (Å²) in [4.78, 5) is 0. The van der Waals surface area contributed by atoms with E-state index in [-0.39, 0.29) is 0 Å². The molecule has 2 N–H and O–H groups in total. The fourth-order valence-electron chi connectivity index (χ4n) is 1.50. The van der Waals surface area contributed by atoms with Gasteiger partial charge >= 0.3 is 7.12 Å². The molecule has 0 fully saturated rings. The van der Waals surface area contributed by atoms with Crippen LogP contribution in [0.3, 0.4) is 0 Å². The molecule has 0 aliphatic carbocycles. The first-order chi connectivity index (χ1) is 8.70. The Bertz CT molecular complexity index is 512. The summed E-state index contributed by atoms with van der Waals surface area (Å²) >= 11 is 1.29. The summed E-state index contributed by atoms with van der Waals surface area (Å²) in [5, 5.41) is 19.9. The van der Waals surface area contributed by atoms with Crippen LogP contribution in [0.4, 0.5) is 0 Å². The molecule has 2 aromatic rings. The highest BCUT2D eigenvalue weighted by Gasteiger charge is 2.14. The van der Waals surface area contributed by atoms with Crippen molar-refractivity contribution in [3.8, 4) is 11.5 Å². The molecule has 1 aromatic heterocycles. The van der Waals surface area contributed by atoms with Crippen molar-refractivity contribution in [3.05, 3.63) is 41.3 Å². The maximum absolute atomic E-state index is 9.01. The highest BCUT2D eigenvalue weighted by molar-refractivity contribution is 7.20. The Labute approximate surface area is 110 Å². The maximum atomic E-state index is 9.01. The van der Waals surface area contributed by atoms with Gasteiger partial charge < -0.3 is 19.5 Å². The lowest BCUT2D eigenvalue weighted by Gasteiger charge is -2.09. The van der Waals surface area contributed by atoms with E-state index < -0.39 is 7.12 Å². The smallest absolute Gasteiger partial charge is 0.493 e. The monoisotopic (exact) mass is 264 g/mol. The Kier molecular flexibility index (Phi) is 4.25. The molecule has 0 aliphatic rings. The van der Waals surface area contributed by atoms with Gasteiger partial charge in [0, 0.05) is 4.78 Å². The molecule has 0 amide bonds. The third kappa shape index (κ3) is 3.04. The average molecular weight is 264 g/mol. The molecule has 0 saturated heterocycles. The van der Waals surface area contributed by atoms with E-state index in [0.29, 0.717) is 22.9 Å². The zero-order valence-corrected chi connectivity index (χ0v) is 10.7. The third-order valence-corrected chi connectivity index (χ3v) is 3.41. The lowest BCUT2D eigenvalue weighted by Crippen LogP contribution is -2.26. The number of hydrogen-bond acceptors (Lipinski definition) is 5. The zero-order chi connectivity index (χ0) is 13.0. The van der Waals surface area contributed by atoms with Crippen molar-refractivity contribution < 1.29 is 19.5 Å². The van der Waals surface area contributed by atoms with Gasteiger partial charge in [-0.2, -0.15) is 11.3 Å². The molecule has 0 aliphatic heterocycles. The van der Waals surface area contributed by atoms with E-state index in [1.807, 2.05) is 29.6 Å². The summed E-state index contributed by atoms with van der Waals surface area (Å²) in [6, 6.07) is 9.11. The van der Waals surface area contributed by atoms with Crippen molar-refractivity contribution in [2.45, 2.75) is 6.61 Å². The second-order valence-corrected chi connectivity index (χ2v) is 4.61. The van der Waals surface area contributed by atoms with Crippen molar-refractivity contribution >= 4 is 23.2 Å². The summed E-state index contributed by atoms with van der Waals surface area (Å²) in [6.07, 6.45) is 0. The quantitative estimate of drug-likeness (QED) is 0.791. The van der Waals surface area contributed by atoms with Crippen molar-refractivity contribution in [1.82, 2.24) is 0 Å². The number of thiophene rings is 1. The van der Waals surface area contributed by atoms with Gasteiger partial charge in [0.1, 0.15) is 6.61 Å². The number of benzene rings is 1. The van der Waals surface area contributed by atoms with Crippen LogP contribution in [0.5, 0.6) is 11.5 Å². The first-order valence-electron chi connectivity index (χ1n) is 5.40. The van der Waals surface area contributed by atoms with Crippen molar-refractivity contribution in [2.24, 2.45) is 0 Å². The highest BCUT2D eigenvalue weighted by Crippen LogP contribution is 2.26. The zero-order valence-electron chi connectivity index (χ0n) is 9.87. The molecule has 1 heterocycles. The summed E-state index contributed by atoms with van der Waals surface area (Å²) in [5.41, 5.74) is 0.897. The van der Waals surface area contributed by atoms with Crippen LogP contribution >= 0.6 is 11.3 Å². The molecule has 18 heavy (non-hydrogen) atoms. The van der Waals surface area contributed by atoms with E-state index in [0.717, 1.165) is 5.56 Å². The number of methoxy groups -OCH3 is 1. The molecule has 0 spiro atoms. The van der Waals surface area contributed by atoms with Gasteiger partial charge in [-0.05, 0) is 29.1 Å². The molecular weight excluding hydrogens is 251 g/mol. The molecule has 2 rings (SSSR count). The Morgan fingerprint density at radius 1 is 1.22 bits per heavy atom. The predicted octanol–water partition coefficient (Wildman–Crippen LogP) is 1.02. The van der Waals surface area contributed by atoms with Gasteiger partial charge in [0.15, 0.2) is 11.5 Å².